The summed E-state index contributed by atoms with van der Waals surface area (Å²) in [6.07, 6.45) is 5.01. The van der Waals surface area contributed by atoms with Crippen LogP contribution in [0.15, 0.2) is 12.7 Å². The molecule has 0 bridgehead atoms. The third kappa shape index (κ3) is 4.97. The van der Waals surface area contributed by atoms with E-state index in [9.17, 15) is 8.42 Å². The van der Waals surface area contributed by atoms with Crippen LogP contribution >= 0.6 is 12.4 Å². The molecular weight excluding hydrogens is 236 g/mol. The molecule has 1 saturated carbocycles. The molecule has 4 nitrogen and oxygen atoms in total. The number of nitrogens with one attached hydrogen (secondary N) is 1. The topological polar surface area (TPSA) is 72.2 Å². The molecule has 6 heteroatoms. The van der Waals surface area contributed by atoms with Gasteiger partial charge in [0, 0.05) is 12.1 Å². The molecule has 15 heavy (non-hydrogen) atoms. The number of halogens is 1. The molecule has 90 valence electrons. The molecule has 0 unspecified atom stereocenters. The van der Waals surface area contributed by atoms with Gasteiger partial charge in [-0.05, 0) is 25.7 Å². The molecule has 0 amide bonds. The minimum atomic E-state index is -3.15. The van der Waals surface area contributed by atoms with Gasteiger partial charge < -0.3 is 5.73 Å². The molecule has 0 atom stereocenters. The molecule has 1 aliphatic carbocycles. The maximum Gasteiger partial charge on any atom is 0.211 e. The molecular formula is C9H19ClN2O2S. The molecule has 0 heterocycles. The van der Waals surface area contributed by atoms with Crippen LogP contribution in [0.25, 0.3) is 0 Å². The number of sulfonamides is 1. The Kier molecular flexibility index (Phi) is 5.80. The fourth-order valence-corrected chi connectivity index (χ4v) is 2.50. The lowest BCUT2D eigenvalue weighted by Crippen LogP contribution is -2.55. The van der Waals surface area contributed by atoms with Crippen LogP contribution in [-0.4, -0.2) is 26.3 Å². The van der Waals surface area contributed by atoms with Crippen LogP contribution in [0.2, 0.25) is 0 Å². The first kappa shape index (κ1) is 14.9. The Labute approximate surface area is 97.8 Å². The Balaban J connectivity index is 0.00000196. The number of allylic oxidation sites excluding steroid dienone is 1. The van der Waals surface area contributed by atoms with Crippen molar-refractivity contribution in [3.05, 3.63) is 12.7 Å². The molecule has 0 saturated heterocycles. The summed E-state index contributed by atoms with van der Waals surface area (Å²) in [6, 6.07) is 0. The Morgan fingerprint density at radius 1 is 1.47 bits per heavy atom. The fourth-order valence-electron chi connectivity index (χ4n) is 1.37. The maximum atomic E-state index is 11.4. The van der Waals surface area contributed by atoms with Crippen molar-refractivity contribution in [1.29, 1.82) is 0 Å². The minimum Gasteiger partial charge on any atom is -0.324 e. The minimum absolute atomic E-state index is 0. The number of rotatable bonds is 6. The summed E-state index contributed by atoms with van der Waals surface area (Å²) in [5.41, 5.74) is 5.60. The molecule has 3 N–H and O–H groups in total. The molecule has 0 radical (unpaired) electrons. The van der Waals surface area contributed by atoms with E-state index in [1.54, 1.807) is 6.08 Å². The average Bonchev–Trinajstić information content (AvgIpc) is 2.09. The largest absolute Gasteiger partial charge is 0.324 e. The van der Waals surface area contributed by atoms with E-state index in [1.807, 2.05) is 0 Å². The zero-order chi connectivity index (χ0) is 10.7. The Morgan fingerprint density at radius 2 is 2.07 bits per heavy atom. The quantitative estimate of drug-likeness (QED) is 0.689. The predicted octanol–water partition coefficient (Wildman–Crippen LogP) is 0.785. The molecule has 1 rings (SSSR count). The van der Waals surface area contributed by atoms with Crippen molar-refractivity contribution in [2.45, 2.75) is 31.2 Å². The van der Waals surface area contributed by atoms with Gasteiger partial charge in [0.25, 0.3) is 0 Å². The smallest absolute Gasteiger partial charge is 0.211 e. The second-order valence-corrected chi connectivity index (χ2v) is 5.86. The summed E-state index contributed by atoms with van der Waals surface area (Å²) in [7, 11) is -3.15. The van der Waals surface area contributed by atoms with Gasteiger partial charge in [0.15, 0.2) is 0 Å². The second kappa shape index (κ2) is 5.84. The van der Waals surface area contributed by atoms with Gasteiger partial charge >= 0.3 is 0 Å². The lowest BCUT2D eigenvalue weighted by Gasteiger charge is -2.37. The first-order chi connectivity index (χ1) is 6.47. The highest BCUT2D eigenvalue weighted by molar-refractivity contribution is 7.89. The first-order valence-electron chi connectivity index (χ1n) is 4.85. The number of nitrogens with two attached hydrogens (primary N) is 1. The highest BCUT2D eigenvalue weighted by atomic mass is 35.5. The summed E-state index contributed by atoms with van der Waals surface area (Å²) >= 11 is 0. The molecule has 0 aromatic heterocycles. The zero-order valence-electron chi connectivity index (χ0n) is 8.74. The lowest BCUT2D eigenvalue weighted by atomic mass is 9.78. The normalized spacial score (nSPS) is 18.7. The van der Waals surface area contributed by atoms with E-state index in [2.05, 4.69) is 11.3 Å². The predicted molar refractivity (Wildman–Crippen MR) is 64.6 cm³/mol. The van der Waals surface area contributed by atoms with Gasteiger partial charge in [-0.15, -0.1) is 19.0 Å². The van der Waals surface area contributed by atoms with Crippen molar-refractivity contribution in [3.63, 3.8) is 0 Å². The summed E-state index contributed by atoms with van der Waals surface area (Å²) in [6.45, 7) is 3.85. The third-order valence-electron chi connectivity index (χ3n) is 2.58. The Hall–Kier alpha value is -0.100. The van der Waals surface area contributed by atoms with Crippen LogP contribution < -0.4 is 10.5 Å². The van der Waals surface area contributed by atoms with E-state index in [0.717, 1.165) is 19.3 Å². The monoisotopic (exact) mass is 254 g/mol. The van der Waals surface area contributed by atoms with E-state index >= 15 is 0 Å². The second-order valence-electron chi connectivity index (χ2n) is 3.93. The summed E-state index contributed by atoms with van der Waals surface area (Å²) in [5, 5.41) is 0. The van der Waals surface area contributed by atoms with Crippen LogP contribution in [0.3, 0.4) is 0 Å². The molecule has 0 aromatic rings. The standard InChI is InChI=1S/C9H18N2O2S.ClH/c1-2-3-7-14(12,13)11-8-9(10)5-4-6-9;/h2,11H,1,3-8,10H2;1H. The molecule has 0 spiro atoms. The van der Waals surface area contributed by atoms with Crippen molar-refractivity contribution in [3.8, 4) is 0 Å². The van der Waals surface area contributed by atoms with E-state index in [4.69, 9.17) is 5.73 Å². The van der Waals surface area contributed by atoms with Crippen molar-refractivity contribution in [2.75, 3.05) is 12.3 Å². The maximum absolute atomic E-state index is 11.4. The van der Waals surface area contributed by atoms with Crippen molar-refractivity contribution < 1.29 is 8.42 Å². The van der Waals surface area contributed by atoms with Gasteiger partial charge in [-0.3, -0.25) is 0 Å². The molecule has 1 aliphatic rings. The van der Waals surface area contributed by atoms with E-state index in [-0.39, 0.29) is 23.7 Å². The SMILES string of the molecule is C=CCCS(=O)(=O)NCC1(N)CCC1.Cl. The first-order valence-corrected chi connectivity index (χ1v) is 6.50. The van der Waals surface area contributed by atoms with Gasteiger partial charge in [-0.25, -0.2) is 13.1 Å². The third-order valence-corrected chi connectivity index (χ3v) is 3.94. The van der Waals surface area contributed by atoms with Crippen molar-refractivity contribution >= 4 is 22.4 Å². The van der Waals surface area contributed by atoms with E-state index in [0.29, 0.717) is 13.0 Å². The van der Waals surface area contributed by atoms with Crippen molar-refractivity contribution in [2.24, 2.45) is 5.73 Å². The Morgan fingerprint density at radius 3 is 2.47 bits per heavy atom. The van der Waals surface area contributed by atoms with Gasteiger partial charge in [-0.1, -0.05) is 6.08 Å². The molecule has 0 aliphatic heterocycles. The van der Waals surface area contributed by atoms with Gasteiger partial charge in [0.1, 0.15) is 0 Å². The fraction of sp³-hybridized carbons (Fsp3) is 0.778. The van der Waals surface area contributed by atoms with Gasteiger partial charge in [-0.2, -0.15) is 0 Å². The van der Waals surface area contributed by atoms with E-state index in [1.165, 1.54) is 0 Å². The van der Waals surface area contributed by atoms with Crippen molar-refractivity contribution in [1.82, 2.24) is 4.72 Å². The van der Waals surface area contributed by atoms with Crippen LogP contribution in [0, 0.1) is 0 Å². The summed E-state index contributed by atoms with van der Waals surface area (Å²) in [4.78, 5) is 0. The molecule has 0 aromatic carbocycles. The van der Waals surface area contributed by atoms with Crippen LogP contribution in [0.1, 0.15) is 25.7 Å². The number of hydrogen-bond acceptors (Lipinski definition) is 3. The number of hydrogen-bond donors (Lipinski definition) is 2. The van der Waals surface area contributed by atoms with E-state index < -0.39 is 10.0 Å². The highest BCUT2D eigenvalue weighted by Crippen LogP contribution is 2.28. The summed E-state index contributed by atoms with van der Waals surface area (Å²) in [5.74, 6) is 0.104. The van der Waals surface area contributed by atoms with Crippen LogP contribution in [0.5, 0.6) is 0 Å². The highest BCUT2D eigenvalue weighted by Gasteiger charge is 2.33. The average molecular weight is 255 g/mol. The Bertz CT molecular complexity index is 299. The summed E-state index contributed by atoms with van der Waals surface area (Å²) < 4.78 is 25.3. The molecule has 1 fully saturated rings. The van der Waals surface area contributed by atoms with Crippen LogP contribution in [-0.2, 0) is 10.0 Å². The van der Waals surface area contributed by atoms with Crippen LogP contribution in [0.4, 0.5) is 0 Å². The zero-order valence-corrected chi connectivity index (χ0v) is 10.4. The van der Waals surface area contributed by atoms with Gasteiger partial charge in [0.2, 0.25) is 10.0 Å². The lowest BCUT2D eigenvalue weighted by molar-refractivity contribution is 0.251. The van der Waals surface area contributed by atoms with Gasteiger partial charge in [0.05, 0.1) is 5.75 Å².